The third-order valence-corrected chi connectivity index (χ3v) is 7.00. The van der Waals surface area contributed by atoms with Crippen LogP contribution in [-0.4, -0.2) is 20.1 Å². The Labute approximate surface area is 204 Å². The number of phenolic OH excluding ortho intramolecular Hbond substituents is 1. The lowest BCUT2D eigenvalue weighted by atomic mass is 10.1. The molecule has 0 spiro atoms. The topological polar surface area (TPSA) is 62.1 Å². The van der Waals surface area contributed by atoms with Gasteiger partial charge in [0.15, 0.2) is 5.65 Å². The molecule has 0 aliphatic heterocycles. The first-order valence-electron chi connectivity index (χ1n) is 10.3. The summed E-state index contributed by atoms with van der Waals surface area (Å²) in [6.07, 6.45) is 3.30. The molecule has 5 nitrogen and oxygen atoms in total. The number of hydrogen-bond acceptors (Lipinski definition) is 6. The van der Waals surface area contributed by atoms with Crippen molar-refractivity contribution < 1.29 is 5.11 Å². The Kier molecular flexibility index (Phi) is 6.24. The number of para-hydroxylation sites is 1. The van der Waals surface area contributed by atoms with Gasteiger partial charge in [0.2, 0.25) is 0 Å². The maximum absolute atomic E-state index is 9.66. The number of phenols is 1. The van der Waals surface area contributed by atoms with Crippen LogP contribution in [0.15, 0.2) is 112 Å². The monoisotopic (exact) mass is 514 g/mol. The zero-order valence-corrected chi connectivity index (χ0v) is 19.9. The first kappa shape index (κ1) is 21.4. The quantitative estimate of drug-likeness (QED) is 0.263. The molecule has 2 aromatic heterocycles. The molecule has 0 fully saturated rings. The van der Waals surface area contributed by atoms with Crippen molar-refractivity contribution in [3.8, 4) is 5.75 Å². The fourth-order valence-corrected chi connectivity index (χ4v) is 4.94. The molecule has 0 saturated heterocycles. The van der Waals surface area contributed by atoms with Crippen molar-refractivity contribution in [2.45, 2.75) is 16.3 Å². The minimum atomic E-state index is 0.253. The number of anilines is 2. The van der Waals surface area contributed by atoms with Crippen molar-refractivity contribution in [3.05, 3.63) is 107 Å². The Balaban J connectivity index is 1.65. The number of fused-ring (bicyclic) bond motifs is 1. The number of nitrogens with zero attached hydrogens (tertiary/aromatic N) is 4. The highest BCUT2D eigenvalue weighted by atomic mass is 79.9. The van der Waals surface area contributed by atoms with E-state index in [1.54, 1.807) is 36.4 Å². The molecule has 5 aromatic rings. The fraction of sp³-hybridized carbons (Fsp3) is 0.0385. The van der Waals surface area contributed by atoms with E-state index in [1.807, 2.05) is 54.6 Å². The molecule has 0 aliphatic rings. The number of aromatic nitrogens is 3. The lowest BCUT2D eigenvalue weighted by Gasteiger charge is -2.27. The summed E-state index contributed by atoms with van der Waals surface area (Å²) in [5, 5.41) is 10.5. The van der Waals surface area contributed by atoms with E-state index in [0.29, 0.717) is 12.2 Å². The molecule has 0 amide bonds. The van der Waals surface area contributed by atoms with E-state index in [9.17, 15) is 5.11 Å². The third-order valence-electron chi connectivity index (χ3n) is 5.15. The van der Waals surface area contributed by atoms with E-state index in [-0.39, 0.29) is 5.75 Å². The smallest absolute Gasteiger partial charge is 0.164 e. The first-order valence-corrected chi connectivity index (χ1v) is 11.9. The summed E-state index contributed by atoms with van der Waals surface area (Å²) >= 11 is 5.34. The first-order chi connectivity index (χ1) is 16.2. The lowest BCUT2D eigenvalue weighted by Crippen LogP contribution is -2.19. The fourth-order valence-electron chi connectivity index (χ4n) is 3.58. The maximum Gasteiger partial charge on any atom is 0.164 e. The molecule has 0 unspecified atom stereocenters. The summed E-state index contributed by atoms with van der Waals surface area (Å²) in [5.74, 6) is 1.05. The molecule has 0 aliphatic carbocycles. The van der Waals surface area contributed by atoms with Crippen molar-refractivity contribution in [2.75, 3.05) is 4.90 Å². The van der Waals surface area contributed by atoms with Crippen LogP contribution in [0.4, 0.5) is 11.5 Å². The van der Waals surface area contributed by atoms with Crippen molar-refractivity contribution in [1.29, 1.82) is 0 Å². The Morgan fingerprint density at radius 3 is 2.45 bits per heavy atom. The number of pyridine rings is 1. The number of hydrogen-bond donors (Lipinski definition) is 1. The van der Waals surface area contributed by atoms with Gasteiger partial charge in [-0.1, -0.05) is 58.0 Å². The van der Waals surface area contributed by atoms with Crippen LogP contribution in [0, 0.1) is 0 Å². The van der Waals surface area contributed by atoms with Gasteiger partial charge in [0, 0.05) is 20.5 Å². The highest BCUT2D eigenvalue weighted by molar-refractivity contribution is 9.10. The van der Waals surface area contributed by atoms with Gasteiger partial charge in [0.1, 0.15) is 17.9 Å². The average Bonchev–Trinajstić information content (AvgIpc) is 2.85. The van der Waals surface area contributed by atoms with Crippen LogP contribution < -0.4 is 4.90 Å². The van der Waals surface area contributed by atoms with Gasteiger partial charge in [0.05, 0.1) is 17.6 Å². The average molecular weight is 515 g/mol. The van der Waals surface area contributed by atoms with Crippen LogP contribution in [0.1, 0.15) is 5.56 Å². The van der Waals surface area contributed by atoms with Crippen LogP contribution in [-0.2, 0) is 6.54 Å². The van der Waals surface area contributed by atoms with Crippen molar-refractivity contribution in [3.63, 3.8) is 0 Å². The van der Waals surface area contributed by atoms with E-state index in [4.69, 9.17) is 0 Å². The molecule has 1 N–H and O–H groups in total. The van der Waals surface area contributed by atoms with E-state index in [0.717, 1.165) is 36.7 Å². The van der Waals surface area contributed by atoms with Crippen LogP contribution in [0.25, 0.3) is 11.0 Å². The Morgan fingerprint density at radius 1 is 0.818 bits per heavy atom. The molecule has 3 aromatic carbocycles. The van der Waals surface area contributed by atoms with Crippen LogP contribution in [0.3, 0.4) is 0 Å². The molecule has 162 valence electrons. The number of halogens is 1. The second-order valence-corrected chi connectivity index (χ2v) is 9.28. The van der Waals surface area contributed by atoms with Gasteiger partial charge in [-0.05, 0) is 60.2 Å². The maximum atomic E-state index is 9.66. The zero-order valence-electron chi connectivity index (χ0n) is 17.5. The number of benzene rings is 3. The Bertz CT molecular complexity index is 1410. The molecule has 2 heterocycles. The molecule has 0 radical (unpaired) electrons. The molecule has 7 heteroatoms. The van der Waals surface area contributed by atoms with Crippen LogP contribution >= 0.6 is 27.7 Å². The second kappa shape index (κ2) is 9.60. The highest BCUT2D eigenvalue weighted by Crippen LogP contribution is 2.40. The molecule has 5 rings (SSSR count). The van der Waals surface area contributed by atoms with Gasteiger partial charge in [-0.25, -0.2) is 15.0 Å². The summed E-state index contributed by atoms with van der Waals surface area (Å²) in [6.45, 7) is 0.607. The van der Waals surface area contributed by atoms with Crippen LogP contribution in [0.2, 0.25) is 0 Å². The zero-order chi connectivity index (χ0) is 22.6. The largest absolute Gasteiger partial charge is 0.508 e. The van der Waals surface area contributed by atoms with E-state index >= 15 is 0 Å². The van der Waals surface area contributed by atoms with Gasteiger partial charge in [-0.15, -0.1) is 0 Å². The summed E-state index contributed by atoms with van der Waals surface area (Å²) in [6, 6.07) is 27.6. The normalized spacial score (nSPS) is 10.9. The number of rotatable bonds is 6. The van der Waals surface area contributed by atoms with E-state index < -0.39 is 0 Å². The van der Waals surface area contributed by atoms with Crippen molar-refractivity contribution >= 4 is 50.2 Å². The molecule has 0 atom stereocenters. The highest BCUT2D eigenvalue weighted by Gasteiger charge is 2.20. The van der Waals surface area contributed by atoms with Crippen LogP contribution in [0.5, 0.6) is 5.75 Å². The number of aromatic hydroxyl groups is 1. The van der Waals surface area contributed by atoms with E-state index in [2.05, 4.69) is 54.0 Å². The summed E-state index contributed by atoms with van der Waals surface area (Å²) in [4.78, 5) is 17.8. The standard InChI is InChI=1S/C26H19BrN4OS/c27-22-8-2-1-6-18(22)16-31(26-21-7-5-15-28-25(21)29-17-30-26)23-9-3-4-10-24(23)33-20-13-11-19(32)12-14-20/h1-15,17,32H,16H2. The molecular weight excluding hydrogens is 496 g/mol. The lowest BCUT2D eigenvalue weighted by molar-refractivity contribution is 0.475. The van der Waals surface area contributed by atoms with Gasteiger partial charge >= 0.3 is 0 Å². The minimum Gasteiger partial charge on any atom is -0.508 e. The SMILES string of the molecule is Oc1ccc(Sc2ccccc2N(Cc2ccccc2Br)c2ncnc3ncccc23)cc1. The van der Waals surface area contributed by atoms with Gasteiger partial charge in [-0.3, -0.25) is 0 Å². The Morgan fingerprint density at radius 2 is 1.61 bits per heavy atom. The van der Waals surface area contributed by atoms with Crippen molar-refractivity contribution in [2.24, 2.45) is 0 Å². The van der Waals surface area contributed by atoms with E-state index in [1.165, 1.54) is 0 Å². The molecule has 33 heavy (non-hydrogen) atoms. The predicted molar refractivity (Wildman–Crippen MR) is 136 cm³/mol. The van der Waals surface area contributed by atoms with Gasteiger partial charge in [-0.2, -0.15) is 0 Å². The predicted octanol–water partition coefficient (Wildman–Crippen LogP) is 6.98. The summed E-state index contributed by atoms with van der Waals surface area (Å²) in [5.41, 5.74) is 2.82. The van der Waals surface area contributed by atoms with Crippen molar-refractivity contribution in [1.82, 2.24) is 15.0 Å². The molecule has 0 bridgehead atoms. The summed E-state index contributed by atoms with van der Waals surface area (Å²) in [7, 11) is 0. The van der Waals surface area contributed by atoms with Gasteiger partial charge in [0.25, 0.3) is 0 Å². The van der Waals surface area contributed by atoms with Gasteiger partial charge < -0.3 is 10.0 Å². The summed E-state index contributed by atoms with van der Waals surface area (Å²) < 4.78 is 1.04. The minimum absolute atomic E-state index is 0.253. The molecular formula is C26H19BrN4OS. The molecule has 0 saturated carbocycles. The third kappa shape index (κ3) is 4.69. The Hall–Kier alpha value is -3.42. The second-order valence-electron chi connectivity index (χ2n) is 7.31.